The number of rotatable bonds is 2. The second-order valence-corrected chi connectivity index (χ2v) is 6.52. The Labute approximate surface area is 122 Å². The summed E-state index contributed by atoms with van der Waals surface area (Å²) in [6.45, 7) is 5.97. The van der Waals surface area contributed by atoms with Crippen LogP contribution in [0, 0.1) is 0 Å². The lowest BCUT2D eigenvalue weighted by molar-refractivity contribution is 0.191. The first kappa shape index (κ1) is 13.3. The summed E-state index contributed by atoms with van der Waals surface area (Å²) in [5.41, 5.74) is 3.53. The van der Waals surface area contributed by atoms with Crippen LogP contribution in [0.5, 0.6) is 11.5 Å². The van der Waals surface area contributed by atoms with Gasteiger partial charge in [-0.1, -0.05) is 0 Å². The number of hydrogen-bond acceptors (Lipinski definition) is 3. The predicted octanol–water partition coefficient (Wildman–Crippen LogP) is 3.02. The second kappa shape index (κ2) is 4.67. The van der Waals surface area contributed by atoms with Gasteiger partial charge in [0, 0.05) is 36.0 Å². The molecule has 2 heterocycles. The van der Waals surface area contributed by atoms with Crippen LogP contribution in [0.1, 0.15) is 37.5 Å². The average molecular weight is 327 g/mol. The summed E-state index contributed by atoms with van der Waals surface area (Å²) in [7, 11) is 0. The molecule has 0 aliphatic carbocycles. The predicted molar refractivity (Wildman–Crippen MR) is 77.1 cm³/mol. The minimum Gasteiger partial charge on any atom is -0.490 e. The van der Waals surface area contributed by atoms with Gasteiger partial charge in [0.2, 0.25) is 0 Å². The van der Waals surface area contributed by atoms with E-state index in [0.717, 1.165) is 34.4 Å². The SMILES string of the molecule is CC(O)Cc1c2c(c(Br)c3c1OC(C)C3)OC(C)C2. The summed E-state index contributed by atoms with van der Waals surface area (Å²) < 4.78 is 13.0. The summed E-state index contributed by atoms with van der Waals surface area (Å²) in [5.74, 6) is 1.93. The molecule has 3 nitrogen and oxygen atoms in total. The Hall–Kier alpha value is -0.740. The molecule has 0 saturated carbocycles. The molecular formula is C15H19BrO3. The van der Waals surface area contributed by atoms with Crippen molar-refractivity contribution in [2.75, 3.05) is 0 Å². The molecule has 1 aromatic carbocycles. The van der Waals surface area contributed by atoms with Gasteiger partial charge in [0.05, 0.1) is 10.6 Å². The van der Waals surface area contributed by atoms with Crippen LogP contribution in [0.3, 0.4) is 0 Å². The number of benzene rings is 1. The Morgan fingerprint density at radius 2 is 1.74 bits per heavy atom. The van der Waals surface area contributed by atoms with Gasteiger partial charge in [-0.3, -0.25) is 0 Å². The Balaban J connectivity index is 2.17. The van der Waals surface area contributed by atoms with Gasteiger partial charge in [0.25, 0.3) is 0 Å². The Kier molecular flexibility index (Phi) is 3.26. The third-order valence-corrected chi connectivity index (χ3v) is 4.61. The van der Waals surface area contributed by atoms with Crippen LogP contribution in [-0.2, 0) is 19.3 Å². The van der Waals surface area contributed by atoms with Crippen molar-refractivity contribution < 1.29 is 14.6 Å². The van der Waals surface area contributed by atoms with Gasteiger partial charge in [-0.15, -0.1) is 0 Å². The maximum Gasteiger partial charge on any atom is 0.138 e. The Morgan fingerprint density at radius 1 is 1.16 bits per heavy atom. The van der Waals surface area contributed by atoms with E-state index < -0.39 is 0 Å². The second-order valence-electron chi connectivity index (χ2n) is 5.73. The first-order valence-electron chi connectivity index (χ1n) is 6.84. The number of halogens is 1. The Bertz CT molecular complexity index is 486. The molecule has 3 rings (SSSR count). The molecule has 19 heavy (non-hydrogen) atoms. The van der Waals surface area contributed by atoms with Crippen molar-refractivity contribution in [3.05, 3.63) is 21.2 Å². The number of aliphatic hydroxyl groups is 1. The highest BCUT2D eigenvalue weighted by atomic mass is 79.9. The lowest BCUT2D eigenvalue weighted by Crippen LogP contribution is -2.11. The van der Waals surface area contributed by atoms with Gasteiger partial charge in [-0.2, -0.15) is 0 Å². The molecule has 0 spiro atoms. The number of ether oxygens (including phenoxy) is 2. The highest BCUT2D eigenvalue weighted by molar-refractivity contribution is 9.10. The quantitative estimate of drug-likeness (QED) is 0.907. The van der Waals surface area contributed by atoms with E-state index in [1.165, 1.54) is 11.1 Å². The highest BCUT2D eigenvalue weighted by Gasteiger charge is 2.34. The lowest BCUT2D eigenvalue weighted by atomic mass is 9.94. The van der Waals surface area contributed by atoms with Gasteiger partial charge in [0.1, 0.15) is 23.7 Å². The van der Waals surface area contributed by atoms with E-state index in [2.05, 4.69) is 29.8 Å². The van der Waals surface area contributed by atoms with Gasteiger partial charge < -0.3 is 14.6 Å². The van der Waals surface area contributed by atoms with Crippen LogP contribution in [0.25, 0.3) is 0 Å². The van der Waals surface area contributed by atoms with Crippen molar-refractivity contribution in [3.8, 4) is 11.5 Å². The molecule has 2 aliphatic heterocycles. The van der Waals surface area contributed by atoms with Gasteiger partial charge in [-0.25, -0.2) is 0 Å². The summed E-state index contributed by atoms with van der Waals surface area (Å²) in [6.07, 6.45) is 2.43. The van der Waals surface area contributed by atoms with Crippen LogP contribution in [0.15, 0.2) is 4.47 Å². The van der Waals surface area contributed by atoms with Crippen molar-refractivity contribution in [2.24, 2.45) is 0 Å². The van der Waals surface area contributed by atoms with E-state index in [4.69, 9.17) is 9.47 Å². The summed E-state index contributed by atoms with van der Waals surface area (Å²) in [6, 6.07) is 0. The molecule has 1 N–H and O–H groups in total. The average Bonchev–Trinajstić information content (AvgIpc) is 2.87. The molecule has 3 atom stereocenters. The third kappa shape index (κ3) is 2.15. The molecule has 0 amide bonds. The minimum atomic E-state index is -0.371. The summed E-state index contributed by atoms with van der Waals surface area (Å²) in [5, 5.41) is 9.76. The minimum absolute atomic E-state index is 0.194. The van der Waals surface area contributed by atoms with E-state index in [9.17, 15) is 5.11 Å². The first-order valence-corrected chi connectivity index (χ1v) is 7.64. The molecule has 2 aliphatic rings. The zero-order chi connectivity index (χ0) is 13.7. The molecule has 0 fully saturated rings. The van der Waals surface area contributed by atoms with Crippen LogP contribution in [0.4, 0.5) is 0 Å². The number of hydrogen-bond donors (Lipinski definition) is 1. The molecule has 4 heteroatoms. The lowest BCUT2D eigenvalue weighted by Gasteiger charge is -2.16. The molecule has 0 bridgehead atoms. The summed E-state index contributed by atoms with van der Waals surface area (Å²) >= 11 is 3.67. The van der Waals surface area contributed by atoms with Gasteiger partial charge in [-0.05, 0) is 36.7 Å². The largest absolute Gasteiger partial charge is 0.490 e. The van der Waals surface area contributed by atoms with Gasteiger partial charge in [0.15, 0.2) is 0 Å². The van der Waals surface area contributed by atoms with Crippen LogP contribution in [-0.4, -0.2) is 23.4 Å². The summed E-state index contributed by atoms with van der Waals surface area (Å²) in [4.78, 5) is 0. The molecule has 104 valence electrons. The van der Waals surface area contributed by atoms with E-state index in [1.807, 2.05) is 6.92 Å². The maximum atomic E-state index is 9.76. The third-order valence-electron chi connectivity index (χ3n) is 3.77. The highest BCUT2D eigenvalue weighted by Crippen LogP contribution is 2.49. The first-order chi connectivity index (χ1) is 8.97. The molecule has 0 aromatic heterocycles. The normalized spacial score (nSPS) is 25.5. The van der Waals surface area contributed by atoms with Crippen molar-refractivity contribution in [1.82, 2.24) is 0 Å². The fourth-order valence-electron chi connectivity index (χ4n) is 3.06. The fraction of sp³-hybridized carbons (Fsp3) is 0.600. The van der Waals surface area contributed by atoms with Crippen molar-refractivity contribution >= 4 is 15.9 Å². The topological polar surface area (TPSA) is 38.7 Å². The standard InChI is InChI=1S/C15H19BrO3/c1-7(17)4-10-11-5-8(2)19-15(11)13(16)12-6-9(3)18-14(10)12/h7-9,17H,4-6H2,1-3H3. The van der Waals surface area contributed by atoms with E-state index in [0.29, 0.717) is 6.42 Å². The molecule has 3 unspecified atom stereocenters. The van der Waals surface area contributed by atoms with E-state index >= 15 is 0 Å². The number of fused-ring (bicyclic) bond motifs is 2. The molecule has 1 aromatic rings. The zero-order valence-corrected chi connectivity index (χ0v) is 13.1. The Morgan fingerprint density at radius 3 is 2.37 bits per heavy atom. The fourth-order valence-corrected chi connectivity index (χ4v) is 3.74. The molecule has 0 saturated heterocycles. The number of aliphatic hydroxyl groups excluding tert-OH is 1. The smallest absolute Gasteiger partial charge is 0.138 e. The van der Waals surface area contributed by atoms with Crippen LogP contribution >= 0.6 is 15.9 Å². The van der Waals surface area contributed by atoms with Crippen LogP contribution in [0.2, 0.25) is 0 Å². The zero-order valence-electron chi connectivity index (χ0n) is 11.5. The van der Waals surface area contributed by atoms with Crippen molar-refractivity contribution in [1.29, 1.82) is 0 Å². The monoisotopic (exact) mass is 326 g/mol. The maximum absolute atomic E-state index is 9.76. The van der Waals surface area contributed by atoms with Crippen molar-refractivity contribution in [3.63, 3.8) is 0 Å². The molecule has 0 radical (unpaired) electrons. The van der Waals surface area contributed by atoms with E-state index in [1.54, 1.807) is 0 Å². The van der Waals surface area contributed by atoms with Gasteiger partial charge >= 0.3 is 0 Å². The molecular weight excluding hydrogens is 308 g/mol. The van der Waals surface area contributed by atoms with Crippen molar-refractivity contribution in [2.45, 2.75) is 58.3 Å². The van der Waals surface area contributed by atoms with Crippen LogP contribution < -0.4 is 9.47 Å². The van der Waals surface area contributed by atoms with E-state index in [-0.39, 0.29) is 18.3 Å².